The van der Waals surface area contributed by atoms with Crippen molar-refractivity contribution in [3.05, 3.63) is 21.6 Å². The highest BCUT2D eigenvalue weighted by atomic mass is 35.5. The maximum absolute atomic E-state index is 12.0. The maximum atomic E-state index is 12.0. The van der Waals surface area contributed by atoms with E-state index >= 15 is 0 Å². The monoisotopic (exact) mass is 269 g/mol. The number of aromatic nitrogens is 2. The van der Waals surface area contributed by atoms with Gasteiger partial charge in [0, 0.05) is 12.1 Å². The van der Waals surface area contributed by atoms with Gasteiger partial charge in [0.25, 0.3) is 5.56 Å². The first-order valence-electron chi connectivity index (χ1n) is 6.65. The van der Waals surface area contributed by atoms with E-state index in [9.17, 15) is 4.79 Å². The number of hydrogen-bond donors (Lipinski definition) is 1. The molecule has 1 saturated carbocycles. The fourth-order valence-corrected chi connectivity index (χ4v) is 2.57. The van der Waals surface area contributed by atoms with Gasteiger partial charge in [-0.25, -0.2) is 4.68 Å². The molecular weight excluding hydrogens is 250 g/mol. The Hall–Kier alpha value is -1.03. The van der Waals surface area contributed by atoms with Gasteiger partial charge >= 0.3 is 0 Å². The van der Waals surface area contributed by atoms with Crippen molar-refractivity contribution >= 4 is 17.3 Å². The lowest BCUT2D eigenvalue weighted by Gasteiger charge is -2.42. The second kappa shape index (κ2) is 5.31. The number of nitrogens with one attached hydrogen (secondary N) is 1. The Morgan fingerprint density at radius 2 is 2.22 bits per heavy atom. The van der Waals surface area contributed by atoms with Gasteiger partial charge in [-0.2, -0.15) is 5.10 Å². The molecule has 1 aromatic heterocycles. The molecule has 18 heavy (non-hydrogen) atoms. The van der Waals surface area contributed by atoms with Crippen molar-refractivity contribution in [2.75, 3.05) is 5.32 Å². The van der Waals surface area contributed by atoms with Gasteiger partial charge in [0.2, 0.25) is 0 Å². The van der Waals surface area contributed by atoms with Crippen LogP contribution in [0.1, 0.15) is 46.0 Å². The summed E-state index contributed by atoms with van der Waals surface area (Å²) in [6, 6.07) is 0. The smallest absolute Gasteiger partial charge is 0.287 e. The standard InChI is InChI=1S/C13H20ClN3O/c1-3-8-17-12(18)11(14)10(9-15-17)16-13(4-2)6-5-7-13/h9,16H,3-8H2,1-2H3. The minimum Gasteiger partial charge on any atom is -0.377 e. The average molecular weight is 270 g/mol. The van der Waals surface area contributed by atoms with Crippen LogP contribution in [0.3, 0.4) is 0 Å². The molecule has 0 amide bonds. The molecule has 0 spiro atoms. The highest BCUT2D eigenvalue weighted by molar-refractivity contribution is 6.32. The van der Waals surface area contributed by atoms with Gasteiger partial charge in [-0.05, 0) is 32.1 Å². The zero-order valence-electron chi connectivity index (χ0n) is 11.0. The van der Waals surface area contributed by atoms with Gasteiger partial charge in [0.05, 0.1) is 11.9 Å². The van der Waals surface area contributed by atoms with Crippen LogP contribution >= 0.6 is 11.6 Å². The first-order chi connectivity index (χ1) is 8.62. The molecule has 4 nitrogen and oxygen atoms in total. The van der Waals surface area contributed by atoms with E-state index in [1.54, 1.807) is 6.20 Å². The van der Waals surface area contributed by atoms with E-state index < -0.39 is 0 Å². The summed E-state index contributed by atoms with van der Waals surface area (Å²) < 4.78 is 1.42. The van der Waals surface area contributed by atoms with E-state index in [-0.39, 0.29) is 16.1 Å². The van der Waals surface area contributed by atoms with Gasteiger partial charge in [0.15, 0.2) is 0 Å². The molecule has 2 rings (SSSR count). The highest BCUT2D eigenvalue weighted by Crippen LogP contribution is 2.38. The Morgan fingerprint density at radius 3 is 2.72 bits per heavy atom. The summed E-state index contributed by atoms with van der Waals surface area (Å²) in [5, 5.41) is 7.84. The fraction of sp³-hybridized carbons (Fsp3) is 0.692. The van der Waals surface area contributed by atoms with Crippen LogP contribution in [0.2, 0.25) is 5.02 Å². The molecule has 1 N–H and O–H groups in total. The average Bonchev–Trinajstić information content (AvgIpc) is 2.33. The Balaban J connectivity index is 2.24. The molecule has 1 aliphatic carbocycles. The molecule has 5 heteroatoms. The highest BCUT2D eigenvalue weighted by Gasteiger charge is 2.35. The number of anilines is 1. The minimum atomic E-state index is -0.200. The zero-order valence-corrected chi connectivity index (χ0v) is 11.8. The Kier molecular flexibility index (Phi) is 3.95. The summed E-state index contributed by atoms with van der Waals surface area (Å²) in [6.45, 7) is 4.78. The van der Waals surface area contributed by atoms with Gasteiger partial charge in [0.1, 0.15) is 5.02 Å². The molecule has 0 aliphatic heterocycles. The first kappa shape index (κ1) is 13.4. The first-order valence-corrected chi connectivity index (χ1v) is 7.03. The summed E-state index contributed by atoms with van der Waals surface area (Å²) >= 11 is 6.14. The summed E-state index contributed by atoms with van der Waals surface area (Å²) in [6.07, 6.45) is 7.10. The van der Waals surface area contributed by atoms with E-state index in [1.807, 2.05) is 6.92 Å². The van der Waals surface area contributed by atoms with Crippen LogP contribution in [-0.4, -0.2) is 15.3 Å². The summed E-state index contributed by atoms with van der Waals surface area (Å²) in [7, 11) is 0. The predicted molar refractivity (Wildman–Crippen MR) is 74.3 cm³/mol. The van der Waals surface area contributed by atoms with E-state index in [0.717, 1.165) is 25.7 Å². The lowest BCUT2D eigenvalue weighted by molar-refractivity contribution is 0.269. The van der Waals surface area contributed by atoms with Crippen LogP contribution < -0.4 is 10.9 Å². The number of rotatable bonds is 5. The van der Waals surface area contributed by atoms with Crippen molar-refractivity contribution in [3.63, 3.8) is 0 Å². The molecule has 0 bridgehead atoms. The molecule has 1 heterocycles. The third kappa shape index (κ3) is 2.39. The SMILES string of the molecule is CCCn1ncc(NC2(CC)CCC2)c(Cl)c1=O. The van der Waals surface area contributed by atoms with Crippen LogP contribution in [0.25, 0.3) is 0 Å². The van der Waals surface area contributed by atoms with E-state index in [4.69, 9.17) is 11.6 Å². The van der Waals surface area contributed by atoms with Crippen molar-refractivity contribution in [2.45, 2.75) is 58.0 Å². The van der Waals surface area contributed by atoms with Crippen molar-refractivity contribution in [3.8, 4) is 0 Å². The van der Waals surface area contributed by atoms with Crippen molar-refractivity contribution in [2.24, 2.45) is 0 Å². The normalized spacial score (nSPS) is 17.3. The maximum Gasteiger partial charge on any atom is 0.287 e. The van der Waals surface area contributed by atoms with Gasteiger partial charge < -0.3 is 5.32 Å². The molecule has 0 radical (unpaired) electrons. The third-order valence-corrected chi connectivity index (χ3v) is 4.17. The predicted octanol–water partition coefficient (Wildman–Crippen LogP) is 3.05. The number of aryl methyl sites for hydroxylation is 1. The van der Waals surface area contributed by atoms with E-state index in [1.165, 1.54) is 11.1 Å². The minimum absolute atomic E-state index is 0.120. The lowest BCUT2D eigenvalue weighted by Crippen LogP contribution is -2.44. The molecule has 0 saturated heterocycles. The fourth-order valence-electron chi connectivity index (χ4n) is 2.38. The second-order valence-electron chi connectivity index (χ2n) is 5.01. The zero-order chi connectivity index (χ0) is 13.2. The topological polar surface area (TPSA) is 46.9 Å². The molecule has 1 aliphatic rings. The van der Waals surface area contributed by atoms with Gasteiger partial charge in [-0.15, -0.1) is 0 Å². The van der Waals surface area contributed by atoms with Crippen molar-refractivity contribution in [1.82, 2.24) is 9.78 Å². The van der Waals surface area contributed by atoms with Crippen molar-refractivity contribution < 1.29 is 0 Å². The largest absolute Gasteiger partial charge is 0.377 e. The number of halogens is 1. The molecule has 100 valence electrons. The second-order valence-corrected chi connectivity index (χ2v) is 5.39. The molecule has 1 fully saturated rings. The lowest BCUT2D eigenvalue weighted by atomic mass is 9.75. The van der Waals surface area contributed by atoms with E-state index in [2.05, 4.69) is 17.3 Å². The molecule has 1 aromatic rings. The summed E-state index contributed by atoms with van der Waals surface area (Å²) in [4.78, 5) is 12.0. The van der Waals surface area contributed by atoms with Crippen LogP contribution in [0, 0.1) is 0 Å². The van der Waals surface area contributed by atoms with E-state index in [0.29, 0.717) is 12.2 Å². The Bertz CT molecular complexity index is 474. The quantitative estimate of drug-likeness (QED) is 0.894. The van der Waals surface area contributed by atoms with Crippen LogP contribution in [0.15, 0.2) is 11.0 Å². The summed E-state index contributed by atoms with van der Waals surface area (Å²) in [5.41, 5.74) is 0.596. The number of nitrogens with zero attached hydrogens (tertiary/aromatic N) is 2. The summed E-state index contributed by atoms with van der Waals surface area (Å²) in [5.74, 6) is 0. The van der Waals surface area contributed by atoms with Gasteiger partial charge in [-0.1, -0.05) is 25.4 Å². The third-order valence-electron chi connectivity index (χ3n) is 3.81. The van der Waals surface area contributed by atoms with Crippen LogP contribution in [-0.2, 0) is 6.54 Å². The van der Waals surface area contributed by atoms with Crippen LogP contribution in [0.4, 0.5) is 5.69 Å². The van der Waals surface area contributed by atoms with Gasteiger partial charge in [-0.3, -0.25) is 4.79 Å². The Morgan fingerprint density at radius 1 is 1.50 bits per heavy atom. The number of hydrogen-bond acceptors (Lipinski definition) is 3. The van der Waals surface area contributed by atoms with Crippen molar-refractivity contribution in [1.29, 1.82) is 0 Å². The van der Waals surface area contributed by atoms with Crippen LogP contribution in [0.5, 0.6) is 0 Å². The molecule has 0 aromatic carbocycles. The molecule has 0 atom stereocenters. The molecular formula is C13H20ClN3O. The Labute approximate surface area is 112 Å². The molecule has 0 unspecified atom stereocenters.